The van der Waals surface area contributed by atoms with Gasteiger partial charge in [0.05, 0.1) is 30.9 Å². The lowest BCUT2D eigenvalue weighted by atomic mass is 9.77. The second-order valence-corrected chi connectivity index (χ2v) is 9.49. The smallest absolute Gasteiger partial charge is 0.269 e. The molecule has 8 nitrogen and oxygen atoms in total. The molecule has 30 heavy (non-hydrogen) atoms. The molecular weight excluding hydrogens is 380 g/mol. The predicted molar refractivity (Wildman–Crippen MR) is 112 cm³/mol. The van der Waals surface area contributed by atoms with Gasteiger partial charge in [0.25, 0.3) is 5.91 Å². The molecule has 8 heteroatoms. The SMILES string of the molecule is Cn1cc(CN2C[C@H]3C[C@H](OCC4CC4)[C@@H](NC(=O)c4cncn4C)C[C@H]3C2)cn1. The Kier molecular flexibility index (Phi) is 5.37. The van der Waals surface area contributed by atoms with Gasteiger partial charge in [-0.15, -0.1) is 0 Å². The van der Waals surface area contributed by atoms with Crippen LogP contribution in [0, 0.1) is 17.8 Å². The maximum absolute atomic E-state index is 12.8. The van der Waals surface area contributed by atoms with Gasteiger partial charge in [-0.2, -0.15) is 5.10 Å². The number of carbonyl (C=O) groups excluding carboxylic acids is 1. The van der Waals surface area contributed by atoms with Crippen LogP contribution in [0.3, 0.4) is 0 Å². The molecule has 2 saturated carbocycles. The van der Waals surface area contributed by atoms with Crippen molar-refractivity contribution in [3.8, 4) is 0 Å². The molecule has 0 aromatic carbocycles. The van der Waals surface area contributed by atoms with Crippen LogP contribution < -0.4 is 5.32 Å². The van der Waals surface area contributed by atoms with E-state index in [-0.39, 0.29) is 18.1 Å². The zero-order valence-electron chi connectivity index (χ0n) is 17.9. The quantitative estimate of drug-likeness (QED) is 0.747. The number of fused-ring (bicyclic) bond motifs is 1. The third kappa shape index (κ3) is 4.30. The normalized spacial score (nSPS) is 29.1. The predicted octanol–water partition coefficient (Wildman–Crippen LogP) is 1.59. The zero-order valence-corrected chi connectivity index (χ0v) is 17.9. The van der Waals surface area contributed by atoms with Crippen LogP contribution in [0.5, 0.6) is 0 Å². The summed E-state index contributed by atoms with van der Waals surface area (Å²) in [5.41, 5.74) is 1.86. The van der Waals surface area contributed by atoms with E-state index in [2.05, 4.69) is 26.5 Å². The van der Waals surface area contributed by atoms with E-state index < -0.39 is 0 Å². The molecule has 1 N–H and O–H groups in total. The molecule has 0 radical (unpaired) electrons. The van der Waals surface area contributed by atoms with Gasteiger partial charge in [0, 0.05) is 52.1 Å². The van der Waals surface area contributed by atoms with Gasteiger partial charge < -0.3 is 14.6 Å². The van der Waals surface area contributed by atoms with Crippen LogP contribution in [0.15, 0.2) is 24.9 Å². The number of carbonyl (C=O) groups is 1. The van der Waals surface area contributed by atoms with Gasteiger partial charge in [-0.1, -0.05) is 0 Å². The summed E-state index contributed by atoms with van der Waals surface area (Å²) < 4.78 is 10.00. The second kappa shape index (κ2) is 8.15. The number of likely N-dealkylation sites (tertiary alicyclic amines) is 1. The summed E-state index contributed by atoms with van der Waals surface area (Å²) in [6.07, 6.45) is 12.0. The van der Waals surface area contributed by atoms with Crippen LogP contribution in [-0.4, -0.2) is 62.0 Å². The maximum Gasteiger partial charge on any atom is 0.269 e. The number of nitrogens with one attached hydrogen (secondary N) is 1. The molecule has 0 bridgehead atoms. The molecule has 162 valence electrons. The van der Waals surface area contributed by atoms with Crippen molar-refractivity contribution in [2.75, 3.05) is 19.7 Å². The number of hydrogen-bond donors (Lipinski definition) is 1. The Bertz CT molecular complexity index is 888. The van der Waals surface area contributed by atoms with Crippen LogP contribution in [-0.2, 0) is 25.4 Å². The first-order valence-corrected chi connectivity index (χ1v) is 11.1. The Morgan fingerprint density at radius 3 is 2.67 bits per heavy atom. The van der Waals surface area contributed by atoms with Crippen LogP contribution >= 0.6 is 0 Å². The van der Waals surface area contributed by atoms with E-state index in [9.17, 15) is 4.79 Å². The van der Waals surface area contributed by atoms with E-state index >= 15 is 0 Å². The number of hydrogen-bond acceptors (Lipinski definition) is 5. The minimum absolute atomic E-state index is 0.0521. The van der Waals surface area contributed by atoms with Gasteiger partial charge in [-0.3, -0.25) is 14.4 Å². The molecular formula is C22H32N6O2. The molecule has 4 atom stereocenters. The van der Waals surface area contributed by atoms with Crippen LogP contribution in [0.4, 0.5) is 0 Å². The van der Waals surface area contributed by atoms with E-state index in [0.717, 1.165) is 45.0 Å². The summed E-state index contributed by atoms with van der Waals surface area (Å²) in [6.45, 7) is 3.96. The molecule has 5 rings (SSSR count). The minimum atomic E-state index is -0.0521. The van der Waals surface area contributed by atoms with Crippen molar-refractivity contribution < 1.29 is 9.53 Å². The first-order chi connectivity index (χ1) is 14.5. The lowest BCUT2D eigenvalue weighted by molar-refractivity contribution is -0.0212. The summed E-state index contributed by atoms with van der Waals surface area (Å²) in [7, 11) is 3.82. The van der Waals surface area contributed by atoms with E-state index in [0.29, 0.717) is 17.5 Å². The van der Waals surface area contributed by atoms with Gasteiger partial charge in [0.1, 0.15) is 5.69 Å². The molecule has 0 unspecified atom stereocenters. The second-order valence-electron chi connectivity index (χ2n) is 9.49. The van der Waals surface area contributed by atoms with E-state index in [1.54, 1.807) is 17.1 Å². The molecule has 0 spiro atoms. The molecule has 1 saturated heterocycles. The molecule has 2 aromatic heterocycles. The summed E-state index contributed by atoms with van der Waals surface area (Å²) in [6, 6.07) is 0.0609. The first-order valence-electron chi connectivity index (χ1n) is 11.1. The summed E-state index contributed by atoms with van der Waals surface area (Å²) in [4.78, 5) is 19.5. The molecule has 2 aliphatic carbocycles. The average Bonchev–Trinajstić information content (AvgIpc) is 3.08. The number of imidazole rings is 1. The Labute approximate surface area is 177 Å². The highest BCUT2D eigenvalue weighted by Crippen LogP contribution is 2.39. The number of aryl methyl sites for hydroxylation is 2. The van der Waals surface area contributed by atoms with Crippen molar-refractivity contribution in [1.29, 1.82) is 0 Å². The monoisotopic (exact) mass is 412 g/mol. The molecule has 1 aliphatic heterocycles. The highest BCUT2D eigenvalue weighted by Gasteiger charge is 2.43. The van der Waals surface area contributed by atoms with Crippen molar-refractivity contribution in [1.82, 2.24) is 29.5 Å². The molecule has 3 fully saturated rings. The maximum atomic E-state index is 12.8. The lowest BCUT2D eigenvalue weighted by Gasteiger charge is -2.38. The molecule has 1 amide bonds. The number of ether oxygens (including phenoxy) is 1. The van der Waals surface area contributed by atoms with Crippen LogP contribution in [0.1, 0.15) is 41.7 Å². The summed E-state index contributed by atoms with van der Waals surface area (Å²) in [5.74, 6) is 1.90. The Hall–Kier alpha value is -2.19. The van der Waals surface area contributed by atoms with Gasteiger partial charge in [0.2, 0.25) is 0 Å². The van der Waals surface area contributed by atoms with Crippen molar-refractivity contribution >= 4 is 5.91 Å². The lowest BCUT2D eigenvalue weighted by Crippen LogP contribution is -2.50. The standard InChI is InChI=1S/C22H32N6O2/c1-26-14-23-8-20(26)22(29)25-19-5-17-11-28(10-16-7-24-27(2)9-16)12-18(17)6-21(19)30-13-15-3-4-15/h7-9,14-15,17-19,21H,3-6,10-13H2,1-2H3,(H,25,29)/t17-,18+,19-,21-/m0/s1. The topological polar surface area (TPSA) is 77.2 Å². The van der Waals surface area contributed by atoms with Gasteiger partial charge >= 0.3 is 0 Å². The molecule has 3 heterocycles. The summed E-state index contributed by atoms with van der Waals surface area (Å²) in [5, 5.41) is 7.58. The first kappa shape index (κ1) is 19.8. The fourth-order valence-electron chi connectivity index (χ4n) is 5.15. The Balaban J connectivity index is 1.25. The third-order valence-corrected chi connectivity index (χ3v) is 6.97. The number of amides is 1. The minimum Gasteiger partial charge on any atom is -0.376 e. The highest BCUT2D eigenvalue weighted by molar-refractivity contribution is 5.92. The van der Waals surface area contributed by atoms with Crippen LogP contribution in [0.2, 0.25) is 0 Å². The highest BCUT2D eigenvalue weighted by atomic mass is 16.5. The van der Waals surface area contributed by atoms with Crippen molar-refractivity contribution in [2.24, 2.45) is 31.8 Å². The van der Waals surface area contributed by atoms with E-state index in [4.69, 9.17) is 4.74 Å². The number of nitrogens with zero attached hydrogens (tertiary/aromatic N) is 5. The van der Waals surface area contributed by atoms with E-state index in [1.807, 2.05) is 25.0 Å². The van der Waals surface area contributed by atoms with Crippen molar-refractivity contribution in [3.63, 3.8) is 0 Å². The Morgan fingerprint density at radius 1 is 1.20 bits per heavy atom. The van der Waals surface area contributed by atoms with Gasteiger partial charge in [-0.25, -0.2) is 4.98 Å². The van der Waals surface area contributed by atoms with Crippen molar-refractivity contribution in [3.05, 3.63) is 36.2 Å². The molecule has 3 aliphatic rings. The molecule has 2 aromatic rings. The van der Waals surface area contributed by atoms with E-state index in [1.165, 1.54) is 18.4 Å². The average molecular weight is 413 g/mol. The van der Waals surface area contributed by atoms with Crippen molar-refractivity contribution in [2.45, 2.75) is 44.4 Å². The fraction of sp³-hybridized carbons (Fsp3) is 0.682. The third-order valence-electron chi connectivity index (χ3n) is 6.97. The Morgan fingerprint density at radius 2 is 2.00 bits per heavy atom. The van der Waals surface area contributed by atoms with Gasteiger partial charge in [-0.05, 0) is 43.4 Å². The zero-order chi connectivity index (χ0) is 20.7. The largest absolute Gasteiger partial charge is 0.376 e. The number of aromatic nitrogens is 4. The van der Waals surface area contributed by atoms with Gasteiger partial charge in [0.15, 0.2) is 0 Å². The van der Waals surface area contributed by atoms with Crippen LogP contribution in [0.25, 0.3) is 0 Å². The number of rotatable bonds is 7. The summed E-state index contributed by atoms with van der Waals surface area (Å²) >= 11 is 0. The fourth-order valence-corrected chi connectivity index (χ4v) is 5.15.